The molecule has 0 bridgehead atoms. The van der Waals surface area contributed by atoms with E-state index in [2.05, 4.69) is 35.6 Å². The highest BCUT2D eigenvalue weighted by Crippen LogP contribution is 2.23. The molecule has 2 heterocycles. The molecule has 4 nitrogen and oxygen atoms in total. The predicted octanol–water partition coefficient (Wildman–Crippen LogP) is 4.31. The normalized spacial score (nSPS) is 17.6. The van der Waals surface area contributed by atoms with Crippen molar-refractivity contribution in [3.63, 3.8) is 0 Å². The van der Waals surface area contributed by atoms with E-state index in [1.807, 2.05) is 36.6 Å². The standard InChI is InChI=1S/C23H24N2O2S/c1-16(18-11-10-17-6-2-3-7-19(17)14-18)24-23(27)21-9-4-12-25(21)22(26)15-20-8-5-13-28-20/h2-3,5-8,10-11,13-14,16,21H,4,9,12,15H2,1H3,(H,24,27). The van der Waals surface area contributed by atoms with E-state index in [0.29, 0.717) is 13.0 Å². The quantitative estimate of drug-likeness (QED) is 0.703. The maximum absolute atomic E-state index is 12.9. The van der Waals surface area contributed by atoms with E-state index in [4.69, 9.17) is 0 Å². The van der Waals surface area contributed by atoms with Crippen molar-refractivity contribution in [2.45, 2.75) is 38.3 Å². The van der Waals surface area contributed by atoms with Crippen LogP contribution in [0.25, 0.3) is 10.8 Å². The van der Waals surface area contributed by atoms with E-state index in [-0.39, 0.29) is 23.9 Å². The molecule has 0 saturated carbocycles. The van der Waals surface area contributed by atoms with Gasteiger partial charge in [-0.3, -0.25) is 9.59 Å². The van der Waals surface area contributed by atoms with Crippen LogP contribution in [-0.4, -0.2) is 29.3 Å². The molecule has 2 atom stereocenters. The van der Waals surface area contributed by atoms with E-state index in [1.54, 1.807) is 16.2 Å². The summed E-state index contributed by atoms with van der Waals surface area (Å²) in [5.74, 6) is -0.0175. The van der Waals surface area contributed by atoms with Crippen molar-refractivity contribution in [3.05, 3.63) is 70.4 Å². The molecular formula is C23H24N2O2S. The van der Waals surface area contributed by atoms with Gasteiger partial charge in [-0.05, 0) is 53.6 Å². The molecule has 5 heteroatoms. The summed E-state index contributed by atoms with van der Waals surface area (Å²) in [4.78, 5) is 28.4. The molecule has 2 amide bonds. The highest BCUT2D eigenvalue weighted by atomic mass is 32.1. The van der Waals surface area contributed by atoms with Gasteiger partial charge in [0.2, 0.25) is 11.8 Å². The van der Waals surface area contributed by atoms with Crippen molar-refractivity contribution in [2.75, 3.05) is 6.54 Å². The van der Waals surface area contributed by atoms with Crippen LogP contribution in [0, 0.1) is 0 Å². The first-order valence-corrected chi connectivity index (χ1v) is 10.6. The van der Waals surface area contributed by atoms with Crippen LogP contribution in [0.15, 0.2) is 60.0 Å². The third-order valence-corrected chi connectivity index (χ3v) is 6.29. The fourth-order valence-electron chi connectivity index (χ4n) is 3.87. The largest absolute Gasteiger partial charge is 0.348 e. The molecule has 1 saturated heterocycles. The van der Waals surface area contributed by atoms with Crippen LogP contribution in [-0.2, 0) is 16.0 Å². The molecule has 1 aliphatic rings. The first-order valence-electron chi connectivity index (χ1n) is 9.73. The average molecular weight is 393 g/mol. The summed E-state index contributed by atoms with van der Waals surface area (Å²) in [5.41, 5.74) is 1.07. The van der Waals surface area contributed by atoms with E-state index >= 15 is 0 Å². The van der Waals surface area contributed by atoms with Gasteiger partial charge in [0, 0.05) is 11.4 Å². The summed E-state index contributed by atoms with van der Waals surface area (Å²) in [6.07, 6.45) is 1.98. The summed E-state index contributed by atoms with van der Waals surface area (Å²) in [5, 5.41) is 7.44. The summed E-state index contributed by atoms with van der Waals surface area (Å²) in [7, 11) is 0. The lowest BCUT2D eigenvalue weighted by Gasteiger charge is -2.25. The summed E-state index contributed by atoms with van der Waals surface area (Å²) < 4.78 is 0. The van der Waals surface area contributed by atoms with Crippen molar-refractivity contribution in [1.29, 1.82) is 0 Å². The van der Waals surface area contributed by atoms with E-state index in [0.717, 1.165) is 28.7 Å². The Labute approximate surface area is 169 Å². The average Bonchev–Trinajstić information content (AvgIpc) is 3.39. The molecule has 1 aromatic heterocycles. The van der Waals surface area contributed by atoms with Crippen LogP contribution >= 0.6 is 11.3 Å². The minimum Gasteiger partial charge on any atom is -0.348 e. The minimum atomic E-state index is -0.365. The lowest BCUT2D eigenvalue weighted by molar-refractivity contribution is -0.138. The van der Waals surface area contributed by atoms with E-state index < -0.39 is 0 Å². The van der Waals surface area contributed by atoms with Crippen LogP contribution in [0.2, 0.25) is 0 Å². The van der Waals surface area contributed by atoms with Gasteiger partial charge in [0.25, 0.3) is 0 Å². The molecule has 28 heavy (non-hydrogen) atoms. The SMILES string of the molecule is CC(NC(=O)C1CCCN1C(=O)Cc1cccs1)c1ccc2ccccc2c1. The lowest BCUT2D eigenvalue weighted by Crippen LogP contribution is -2.46. The second-order valence-corrected chi connectivity index (χ2v) is 8.37. The number of carbonyl (C=O) groups excluding carboxylic acids is 2. The number of carbonyl (C=O) groups is 2. The Morgan fingerprint density at radius 3 is 2.75 bits per heavy atom. The second-order valence-electron chi connectivity index (χ2n) is 7.34. The number of fused-ring (bicyclic) bond motifs is 1. The van der Waals surface area contributed by atoms with E-state index in [9.17, 15) is 9.59 Å². The Morgan fingerprint density at radius 1 is 1.14 bits per heavy atom. The first kappa shape index (κ1) is 18.7. The summed E-state index contributed by atoms with van der Waals surface area (Å²) in [6.45, 7) is 2.65. The molecular weight excluding hydrogens is 368 g/mol. The number of nitrogens with zero attached hydrogens (tertiary/aromatic N) is 1. The van der Waals surface area contributed by atoms with Crippen molar-refractivity contribution in [3.8, 4) is 0 Å². The van der Waals surface area contributed by atoms with Crippen molar-refractivity contribution < 1.29 is 9.59 Å². The molecule has 144 valence electrons. The van der Waals surface area contributed by atoms with Gasteiger partial charge < -0.3 is 10.2 Å². The van der Waals surface area contributed by atoms with Crippen molar-refractivity contribution >= 4 is 33.9 Å². The molecule has 4 rings (SSSR count). The Hall–Kier alpha value is -2.66. The number of rotatable bonds is 5. The Bertz CT molecular complexity index is 983. The highest BCUT2D eigenvalue weighted by molar-refractivity contribution is 7.10. The minimum absolute atomic E-state index is 0.0402. The monoisotopic (exact) mass is 392 g/mol. The Kier molecular flexibility index (Phi) is 5.44. The fourth-order valence-corrected chi connectivity index (χ4v) is 4.57. The van der Waals surface area contributed by atoms with Crippen LogP contribution in [0.3, 0.4) is 0 Å². The highest BCUT2D eigenvalue weighted by Gasteiger charge is 2.34. The zero-order chi connectivity index (χ0) is 19.5. The molecule has 2 unspecified atom stereocenters. The van der Waals surface area contributed by atoms with Crippen molar-refractivity contribution in [1.82, 2.24) is 10.2 Å². The number of benzene rings is 2. The zero-order valence-electron chi connectivity index (χ0n) is 15.9. The van der Waals surface area contributed by atoms with Gasteiger partial charge >= 0.3 is 0 Å². The molecule has 3 aromatic rings. The predicted molar refractivity (Wildman–Crippen MR) is 113 cm³/mol. The van der Waals surface area contributed by atoms with E-state index in [1.165, 1.54) is 5.39 Å². The van der Waals surface area contributed by atoms with Gasteiger partial charge in [-0.2, -0.15) is 0 Å². The van der Waals surface area contributed by atoms with Gasteiger partial charge in [-0.15, -0.1) is 11.3 Å². The third kappa shape index (κ3) is 3.94. The van der Waals surface area contributed by atoms with Crippen LogP contribution in [0.4, 0.5) is 0 Å². The summed E-state index contributed by atoms with van der Waals surface area (Å²) in [6, 6.07) is 17.9. The maximum Gasteiger partial charge on any atom is 0.243 e. The molecule has 1 N–H and O–H groups in total. The van der Waals surface area contributed by atoms with Gasteiger partial charge in [0.1, 0.15) is 6.04 Å². The smallest absolute Gasteiger partial charge is 0.243 e. The number of likely N-dealkylation sites (tertiary alicyclic amines) is 1. The second kappa shape index (κ2) is 8.15. The third-order valence-electron chi connectivity index (χ3n) is 5.41. The zero-order valence-corrected chi connectivity index (χ0v) is 16.7. The fraction of sp³-hybridized carbons (Fsp3) is 0.304. The Balaban J connectivity index is 1.43. The molecule has 0 spiro atoms. The van der Waals surface area contributed by atoms with Crippen LogP contribution in [0.5, 0.6) is 0 Å². The topological polar surface area (TPSA) is 49.4 Å². The van der Waals surface area contributed by atoms with Gasteiger partial charge in [-0.1, -0.05) is 42.5 Å². The van der Waals surface area contributed by atoms with Crippen LogP contribution < -0.4 is 5.32 Å². The summed E-state index contributed by atoms with van der Waals surface area (Å²) >= 11 is 1.58. The number of hydrogen-bond donors (Lipinski definition) is 1. The first-order chi connectivity index (χ1) is 13.6. The molecule has 0 radical (unpaired) electrons. The molecule has 1 fully saturated rings. The maximum atomic E-state index is 12.9. The number of thiophene rings is 1. The van der Waals surface area contributed by atoms with Gasteiger partial charge in [-0.25, -0.2) is 0 Å². The Morgan fingerprint density at radius 2 is 1.96 bits per heavy atom. The van der Waals surface area contributed by atoms with Gasteiger partial charge in [0.05, 0.1) is 12.5 Å². The lowest BCUT2D eigenvalue weighted by atomic mass is 10.0. The molecule has 2 aromatic carbocycles. The van der Waals surface area contributed by atoms with Crippen LogP contribution in [0.1, 0.15) is 36.2 Å². The van der Waals surface area contributed by atoms with Crippen molar-refractivity contribution in [2.24, 2.45) is 0 Å². The number of amides is 2. The number of nitrogens with one attached hydrogen (secondary N) is 1. The molecule has 1 aliphatic heterocycles. The number of hydrogen-bond acceptors (Lipinski definition) is 3. The van der Waals surface area contributed by atoms with Gasteiger partial charge in [0.15, 0.2) is 0 Å². The molecule has 0 aliphatic carbocycles.